The van der Waals surface area contributed by atoms with Crippen molar-refractivity contribution in [1.29, 1.82) is 0 Å². The lowest BCUT2D eigenvalue weighted by atomic mass is 9.99. The summed E-state index contributed by atoms with van der Waals surface area (Å²) in [7, 11) is 3.24. The van der Waals surface area contributed by atoms with E-state index in [0.717, 1.165) is 17.8 Å². The molecule has 128 valence electrons. The third-order valence-electron chi connectivity index (χ3n) is 3.96. The van der Waals surface area contributed by atoms with Crippen molar-refractivity contribution in [3.8, 4) is 11.5 Å². The van der Waals surface area contributed by atoms with Crippen molar-refractivity contribution < 1.29 is 9.47 Å². The van der Waals surface area contributed by atoms with Crippen LogP contribution in [-0.2, 0) is 0 Å². The van der Waals surface area contributed by atoms with Crippen LogP contribution in [0.25, 0.3) is 0 Å². The minimum absolute atomic E-state index is 0.515. The van der Waals surface area contributed by atoms with E-state index in [9.17, 15) is 0 Å². The number of benzene rings is 2. The van der Waals surface area contributed by atoms with E-state index in [2.05, 4.69) is 36.6 Å². The van der Waals surface area contributed by atoms with Crippen LogP contribution < -0.4 is 20.1 Å². The van der Waals surface area contributed by atoms with E-state index in [0.29, 0.717) is 22.5 Å². The molecule has 0 aliphatic heterocycles. The van der Waals surface area contributed by atoms with Crippen LogP contribution in [0.3, 0.4) is 0 Å². The first-order valence-electron chi connectivity index (χ1n) is 7.96. The van der Waals surface area contributed by atoms with Gasteiger partial charge >= 0.3 is 0 Å². The van der Waals surface area contributed by atoms with Crippen LogP contribution in [0.15, 0.2) is 42.5 Å². The van der Waals surface area contributed by atoms with Crippen LogP contribution in [0.1, 0.15) is 31.7 Å². The van der Waals surface area contributed by atoms with E-state index in [1.807, 2.05) is 30.3 Å². The van der Waals surface area contributed by atoms with E-state index in [4.69, 9.17) is 21.7 Å². The van der Waals surface area contributed by atoms with Gasteiger partial charge in [-0.1, -0.05) is 26.0 Å². The lowest BCUT2D eigenvalue weighted by Crippen LogP contribution is -2.19. The Hall–Kier alpha value is -2.27. The average molecular weight is 344 g/mol. The zero-order valence-corrected chi connectivity index (χ0v) is 15.4. The molecule has 24 heavy (non-hydrogen) atoms. The molecule has 0 radical (unpaired) electrons. The Balaban J connectivity index is 2.03. The van der Waals surface area contributed by atoms with Crippen LogP contribution in [0.4, 0.5) is 11.4 Å². The quantitative estimate of drug-likeness (QED) is 0.720. The highest BCUT2D eigenvalue weighted by Gasteiger charge is 2.06. The van der Waals surface area contributed by atoms with Gasteiger partial charge in [0.1, 0.15) is 11.5 Å². The van der Waals surface area contributed by atoms with Crippen molar-refractivity contribution in [1.82, 2.24) is 0 Å². The minimum Gasteiger partial charge on any atom is -0.497 e. The van der Waals surface area contributed by atoms with Gasteiger partial charge in [0.25, 0.3) is 0 Å². The standard InChI is InChI=1S/C19H24N2O2S/c1-5-13(2)14-6-8-15(9-7-14)20-19(24)21-16-10-17(22-3)12-18(11-16)23-4/h6-13H,5H2,1-4H3,(H2,20,21,24). The maximum absolute atomic E-state index is 5.38. The van der Waals surface area contributed by atoms with Gasteiger partial charge in [0, 0.05) is 29.6 Å². The normalized spacial score (nSPS) is 11.5. The van der Waals surface area contributed by atoms with E-state index in [1.54, 1.807) is 14.2 Å². The van der Waals surface area contributed by atoms with Gasteiger partial charge in [-0.25, -0.2) is 0 Å². The van der Waals surface area contributed by atoms with Crippen LogP contribution in [0.2, 0.25) is 0 Å². The Morgan fingerprint density at radius 3 is 2.00 bits per heavy atom. The van der Waals surface area contributed by atoms with E-state index in [1.165, 1.54) is 5.56 Å². The van der Waals surface area contributed by atoms with Gasteiger partial charge in [0.2, 0.25) is 0 Å². The summed E-state index contributed by atoms with van der Waals surface area (Å²) in [5.74, 6) is 1.98. The van der Waals surface area contributed by atoms with E-state index in [-0.39, 0.29) is 0 Å². The van der Waals surface area contributed by atoms with Crippen molar-refractivity contribution in [3.05, 3.63) is 48.0 Å². The highest BCUT2D eigenvalue weighted by molar-refractivity contribution is 7.80. The summed E-state index contributed by atoms with van der Waals surface area (Å²) in [6, 6.07) is 13.9. The van der Waals surface area contributed by atoms with Gasteiger partial charge in [-0.2, -0.15) is 0 Å². The molecule has 0 fully saturated rings. The highest BCUT2D eigenvalue weighted by atomic mass is 32.1. The van der Waals surface area contributed by atoms with Gasteiger partial charge in [0.05, 0.1) is 14.2 Å². The summed E-state index contributed by atoms with van der Waals surface area (Å²) >= 11 is 5.38. The second-order valence-electron chi connectivity index (χ2n) is 5.61. The fourth-order valence-corrected chi connectivity index (χ4v) is 2.54. The first-order chi connectivity index (χ1) is 11.5. The Morgan fingerprint density at radius 1 is 0.958 bits per heavy atom. The number of nitrogens with one attached hydrogen (secondary N) is 2. The molecule has 1 atom stereocenters. The number of methoxy groups -OCH3 is 2. The van der Waals surface area contributed by atoms with E-state index < -0.39 is 0 Å². The molecule has 2 rings (SSSR count). The molecule has 2 aromatic carbocycles. The van der Waals surface area contributed by atoms with Crippen LogP contribution in [-0.4, -0.2) is 19.3 Å². The molecular weight excluding hydrogens is 320 g/mol. The molecule has 0 amide bonds. The SMILES string of the molecule is CCC(C)c1ccc(NC(=S)Nc2cc(OC)cc(OC)c2)cc1. The van der Waals surface area contributed by atoms with Crippen LogP contribution in [0, 0.1) is 0 Å². The minimum atomic E-state index is 0.515. The lowest BCUT2D eigenvalue weighted by molar-refractivity contribution is 0.395. The summed E-state index contributed by atoms with van der Waals surface area (Å²) < 4.78 is 10.5. The smallest absolute Gasteiger partial charge is 0.175 e. The number of hydrogen-bond acceptors (Lipinski definition) is 3. The summed E-state index contributed by atoms with van der Waals surface area (Å²) in [4.78, 5) is 0. The molecule has 0 aliphatic rings. The highest BCUT2D eigenvalue weighted by Crippen LogP contribution is 2.26. The van der Waals surface area contributed by atoms with Gasteiger partial charge in [-0.3, -0.25) is 0 Å². The Morgan fingerprint density at radius 2 is 1.50 bits per heavy atom. The number of rotatable bonds is 6. The molecule has 4 nitrogen and oxygen atoms in total. The van der Waals surface area contributed by atoms with Crippen molar-refractivity contribution >= 4 is 28.7 Å². The predicted octanol–water partition coefficient (Wildman–Crippen LogP) is 5.03. The lowest BCUT2D eigenvalue weighted by Gasteiger charge is -2.14. The van der Waals surface area contributed by atoms with Gasteiger partial charge < -0.3 is 20.1 Å². The maximum atomic E-state index is 5.38. The van der Waals surface area contributed by atoms with Crippen molar-refractivity contribution in [2.24, 2.45) is 0 Å². The molecule has 0 saturated carbocycles. The van der Waals surface area contributed by atoms with Crippen molar-refractivity contribution in [3.63, 3.8) is 0 Å². The maximum Gasteiger partial charge on any atom is 0.175 e. The fraction of sp³-hybridized carbons (Fsp3) is 0.316. The number of thiocarbonyl (C=S) groups is 1. The summed E-state index contributed by atoms with van der Waals surface area (Å²) in [6.45, 7) is 4.42. The molecule has 0 aliphatic carbocycles. The molecule has 0 heterocycles. The second-order valence-corrected chi connectivity index (χ2v) is 6.02. The number of hydrogen-bond donors (Lipinski definition) is 2. The zero-order valence-electron chi connectivity index (χ0n) is 14.6. The first-order valence-corrected chi connectivity index (χ1v) is 8.37. The van der Waals surface area contributed by atoms with Crippen molar-refractivity contribution in [2.45, 2.75) is 26.2 Å². The molecule has 5 heteroatoms. The molecule has 0 bridgehead atoms. The van der Waals surface area contributed by atoms with Gasteiger partial charge in [0.15, 0.2) is 5.11 Å². The molecule has 2 N–H and O–H groups in total. The van der Waals surface area contributed by atoms with E-state index >= 15 is 0 Å². The van der Waals surface area contributed by atoms with Gasteiger partial charge in [-0.15, -0.1) is 0 Å². The Bertz CT molecular complexity index is 664. The number of anilines is 2. The molecule has 0 saturated heterocycles. The van der Waals surface area contributed by atoms with Crippen LogP contribution in [0.5, 0.6) is 11.5 Å². The van der Waals surface area contributed by atoms with Gasteiger partial charge in [-0.05, 0) is 42.3 Å². The first kappa shape index (κ1) is 18.1. The van der Waals surface area contributed by atoms with Crippen molar-refractivity contribution in [2.75, 3.05) is 24.9 Å². The molecule has 2 aromatic rings. The summed E-state index contributed by atoms with van der Waals surface area (Å²) in [6.07, 6.45) is 1.13. The average Bonchev–Trinajstić information content (AvgIpc) is 2.61. The fourth-order valence-electron chi connectivity index (χ4n) is 2.30. The Kier molecular flexibility index (Phi) is 6.44. The summed E-state index contributed by atoms with van der Waals surface area (Å²) in [5.41, 5.74) is 3.09. The largest absolute Gasteiger partial charge is 0.497 e. The monoisotopic (exact) mass is 344 g/mol. The predicted molar refractivity (Wildman–Crippen MR) is 105 cm³/mol. The second kappa shape index (κ2) is 8.55. The molecule has 0 aromatic heterocycles. The topological polar surface area (TPSA) is 42.5 Å². The molecule has 1 unspecified atom stereocenters. The third kappa shape index (κ3) is 4.86. The summed E-state index contributed by atoms with van der Waals surface area (Å²) in [5, 5.41) is 6.85. The number of ether oxygens (including phenoxy) is 2. The van der Waals surface area contributed by atoms with Crippen LogP contribution >= 0.6 is 12.2 Å². The third-order valence-corrected chi connectivity index (χ3v) is 4.16. The molecular formula is C19H24N2O2S. The Labute approximate surface area is 149 Å². The molecule has 0 spiro atoms. The zero-order chi connectivity index (χ0) is 17.5.